The molecule has 0 saturated carbocycles. The Labute approximate surface area is 204 Å². The van der Waals surface area contributed by atoms with Crippen molar-refractivity contribution >= 4 is 17.2 Å². The zero-order chi connectivity index (χ0) is 24.3. The number of ether oxygens (including phenoxy) is 3. The fourth-order valence-corrected chi connectivity index (χ4v) is 4.91. The lowest BCUT2D eigenvalue weighted by atomic mass is 10.0. The van der Waals surface area contributed by atoms with E-state index in [1.165, 1.54) is 17.0 Å². The van der Waals surface area contributed by atoms with Crippen molar-refractivity contribution in [3.05, 3.63) is 64.6 Å². The average molecular weight is 493 g/mol. The fourth-order valence-electron chi connectivity index (χ4n) is 3.98. The molecule has 3 rings (SSSR count). The van der Waals surface area contributed by atoms with Crippen LogP contribution >= 0.6 is 11.3 Å². The number of fused-ring (bicyclic) bond motifs is 1. The highest BCUT2D eigenvalue weighted by molar-refractivity contribution is 7.10. The van der Waals surface area contributed by atoms with Crippen molar-refractivity contribution in [1.29, 1.82) is 0 Å². The molecule has 2 heterocycles. The Bertz CT molecular complexity index is 924. The molecule has 0 fully saturated rings. The van der Waals surface area contributed by atoms with Gasteiger partial charge in [0.1, 0.15) is 18.2 Å². The summed E-state index contributed by atoms with van der Waals surface area (Å²) in [5.41, 5.74) is 1.07. The monoisotopic (exact) mass is 492 g/mol. The lowest BCUT2D eigenvalue weighted by Crippen LogP contribution is -2.48. The maximum Gasteiger partial charge on any atom is 0.237 e. The molecule has 1 aromatic heterocycles. The molecule has 0 saturated heterocycles. The van der Waals surface area contributed by atoms with Crippen molar-refractivity contribution in [2.75, 3.05) is 59.7 Å². The van der Waals surface area contributed by atoms with E-state index in [1.54, 1.807) is 36.7 Å². The summed E-state index contributed by atoms with van der Waals surface area (Å²) in [5.74, 6) is 0.00818. The van der Waals surface area contributed by atoms with E-state index in [4.69, 9.17) is 14.2 Å². The second-order valence-corrected chi connectivity index (χ2v) is 9.13. The topological polar surface area (TPSA) is 71.5 Å². The molecular formula is C25H33FN2O5S. The van der Waals surface area contributed by atoms with E-state index in [-0.39, 0.29) is 44.1 Å². The molecule has 1 amide bonds. The number of carbonyl (C=O) groups excluding carboxylic acids is 1. The SMILES string of the molecule is C=CCOC[C@@H](O)CN(CCOC)CC(=O)N1CCc2sccc2[C@H]1COc1cccc(F)c1. The van der Waals surface area contributed by atoms with Gasteiger partial charge in [0.2, 0.25) is 5.91 Å². The summed E-state index contributed by atoms with van der Waals surface area (Å²) >= 11 is 1.68. The van der Waals surface area contributed by atoms with Crippen molar-refractivity contribution in [3.8, 4) is 5.75 Å². The first-order valence-corrected chi connectivity index (χ1v) is 12.2. The number of hydrogen-bond donors (Lipinski definition) is 1. The Kier molecular flexibility index (Phi) is 10.5. The fraction of sp³-hybridized carbons (Fsp3) is 0.480. The summed E-state index contributed by atoms with van der Waals surface area (Å²) in [6, 6.07) is 7.77. The number of methoxy groups -OCH3 is 1. The molecule has 9 heteroatoms. The highest BCUT2D eigenvalue weighted by Crippen LogP contribution is 2.34. The summed E-state index contributed by atoms with van der Waals surface area (Å²) < 4.78 is 30.0. The van der Waals surface area contributed by atoms with Gasteiger partial charge in [-0.05, 0) is 35.6 Å². The molecule has 0 unspecified atom stereocenters. The van der Waals surface area contributed by atoms with E-state index in [2.05, 4.69) is 6.58 Å². The molecule has 0 bridgehead atoms. The highest BCUT2D eigenvalue weighted by atomic mass is 32.1. The molecule has 1 aliphatic rings. The van der Waals surface area contributed by atoms with Crippen LogP contribution in [0.25, 0.3) is 0 Å². The second-order valence-electron chi connectivity index (χ2n) is 8.13. The molecule has 2 aromatic rings. The number of halogens is 1. The Balaban J connectivity index is 1.68. The minimum absolute atomic E-state index is 0.0556. The summed E-state index contributed by atoms with van der Waals surface area (Å²) in [5, 5.41) is 12.4. The molecule has 0 radical (unpaired) electrons. The van der Waals surface area contributed by atoms with Gasteiger partial charge in [-0.25, -0.2) is 4.39 Å². The summed E-state index contributed by atoms with van der Waals surface area (Å²) in [6.45, 7) is 6.29. The van der Waals surface area contributed by atoms with Crippen molar-refractivity contribution in [2.45, 2.75) is 18.6 Å². The lowest BCUT2D eigenvalue weighted by molar-refractivity contribution is -0.136. The predicted octanol–water partition coefficient (Wildman–Crippen LogP) is 2.90. The zero-order valence-corrected chi connectivity index (χ0v) is 20.3. The maximum atomic E-state index is 13.6. The largest absolute Gasteiger partial charge is 0.491 e. The smallest absolute Gasteiger partial charge is 0.237 e. The van der Waals surface area contributed by atoms with E-state index >= 15 is 0 Å². The molecule has 1 aromatic carbocycles. The van der Waals surface area contributed by atoms with Gasteiger partial charge in [0.25, 0.3) is 0 Å². The maximum absolute atomic E-state index is 13.6. The van der Waals surface area contributed by atoms with Gasteiger partial charge in [0.05, 0.1) is 38.5 Å². The van der Waals surface area contributed by atoms with Crippen LogP contribution in [0.5, 0.6) is 5.75 Å². The van der Waals surface area contributed by atoms with Gasteiger partial charge in [0, 0.05) is 37.7 Å². The van der Waals surface area contributed by atoms with Crippen LogP contribution in [0.3, 0.4) is 0 Å². The Morgan fingerprint density at radius 2 is 2.29 bits per heavy atom. The third-order valence-corrected chi connectivity index (χ3v) is 6.60. The van der Waals surface area contributed by atoms with Crippen LogP contribution in [0.4, 0.5) is 4.39 Å². The van der Waals surface area contributed by atoms with Crippen molar-refractivity contribution in [1.82, 2.24) is 9.80 Å². The van der Waals surface area contributed by atoms with E-state index in [0.29, 0.717) is 32.1 Å². The van der Waals surface area contributed by atoms with Crippen molar-refractivity contribution in [3.63, 3.8) is 0 Å². The van der Waals surface area contributed by atoms with Crippen LogP contribution in [0.2, 0.25) is 0 Å². The first kappa shape index (κ1) is 26.3. The molecule has 186 valence electrons. The Morgan fingerprint density at radius 1 is 1.44 bits per heavy atom. The van der Waals surface area contributed by atoms with Crippen LogP contribution in [0.1, 0.15) is 16.5 Å². The number of nitrogens with zero attached hydrogens (tertiary/aromatic N) is 2. The molecule has 0 aliphatic carbocycles. The normalized spacial score (nSPS) is 16.4. The quantitative estimate of drug-likeness (QED) is 0.323. The van der Waals surface area contributed by atoms with E-state index in [1.807, 2.05) is 21.2 Å². The van der Waals surface area contributed by atoms with E-state index in [9.17, 15) is 14.3 Å². The number of aliphatic hydroxyl groups excluding tert-OH is 1. The van der Waals surface area contributed by atoms with Crippen LogP contribution in [-0.4, -0.2) is 86.6 Å². The van der Waals surface area contributed by atoms with Crippen LogP contribution < -0.4 is 4.74 Å². The molecule has 34 heavy (non-hydrogen) atoms. The number of hydrogen-bond acceptors (Lipinski definition) is 7. The summed E-state index contributed by atoms with van der Waals surface area (Å²) in [7, 11) is 1.60. The molecule has 1 N–H and O–H groups in total. The number of aliphatic hydroxyl groups is 1. The second kappa shape index (κ2) is 13.6. The number of amides is 1. The standard InChI is InChI=1S/C25H33FN2O5S/c1-3-11-32-17-20(29)15-27(10-12-31-2)16-25(30)28-9-7-24-22(8-13-34-24)23(28)18-33-21-6-4-5-19(26)14-21/h3-6,8,13-14,20,23,29H,1,7,9-12,15-18H2,2H3/t20-,23+/m0/s1. The van der Waals surface area contributed by atoms with Gasteiger partial charge in [-0.3, -0.25) is 9.69 Å². The Hall–Kier alpha value is -2.30. The summed E-state index contributed by atoms with van der Waals surface area (Å²) in [4.78, 5) is 18.4. The van der Waals surface area contributed by atoms with Crippen LogP contribution in [-0.2, 0) is 20.7 Å². The highest BCUT2D eigenvalue weighted by Gasteiger charge is 2.33. The van der Waals surface area contributed by atoms with Gasteiger partial charge < -0.3 is 24.2 Å². The zero-order valence-electron chi connectivity index (χ0n) is 19.5. The van der Waals surface area contributed by atoms with E-state index in [0.717, 1.165) is 12.0 Å². The van der Waals surface area contributed by atoms with Crippen molar-refractivity contribution in [2.24, 2.45) is 0 Å². The minimum Gasteiger partial charge on any atom is -0.491 e. The molecule has 2 atom stereocenters. The third kappa shape index (κ3) is 7.61. The molecule has 0 spiro atoms. The number of benzene rings is 1. The van der Waals surface area contributed by atoms with Gasteiger partial charge in [-0.15, -0.1) is 17.9 Å². The molecule has 7 nitrogen and oxygen atoms in total. The Morgan fingerprint density at radius 3 is 3.06 bits per heavy atom. The van der Waals surface area contributed by atoms with Crippen molar-refractivity contribution < 1.29 is 28.5 Å². The number of rotatable bonds is 14. The minimum atomic E-state index is -0.735. The van der Waals surface area contributed by atoms with Crippen LogP contribution in [0.15, 0.2) is 48.4 Å². The average Bonchev–Trinajstić information content (AvgIpc) is 3.30. The van der Waals surface area contributed by atoms with Gasteiger partial charge >= 0.3 is 0 Å². The van der Waals surface area contributed by atoms with Gasteiger partial charge in [-0.2, -0.15) is 0 Å². The van der Waals surface area contributed by atoms with Gasteiger partial charge in [-0.1, -0.05) is 12.1 Å². The molecular weight excluding hydrogens is 459 g/mol. The predicted molar refractivity (Wildman–Crippen MR) is 130 cm³/mol. The number of thiophene rings is 1. The van der Waals surface area contributed by atoms with Gasteiger partial charge in [0.15, 0.2) is 0 Å². The number of carbonyl (C=O) groups is 1. The summed E-state index contributed by atoms with van der Waals surface area (Å²) in [6.07, 6.45) is 1.67. The van der Waals surface area contributed by atoms with E-state index < -0.39 is 6.10 Å². The van der Waals surface area contributed by atoms with Crippen LogP contribution in [0, 0.1) is 5.82 Å². The third-order valence-electron chi connectivity index (χ3n) is 5.60. The lowest BCUT2D eigenvalue weighted by Gasteiger charge is -2.37. The molecule has 1 aliphatic heterocycles. The first-order valence-electron chi connectivity index (χ1n) is 11.3. The first-order chi connectivity index (χ1) is 16.5.